The van der Waals surface area contributed by atoms with Gasteiger partial charge < -0.3 is 10.2 Å². The van der Waals surface area contributed by atoms with Crippen LogP contribution in [-0.2, 0) is 16.6 Å². The Morgan fingerprint density at radius 2 is 2.10 bits per heavy atom. The molecule has 1 unspecified atom stereocenters. The van der Waals surface area contributed by atoms with Crippen molar-refractivity contribution < 1.29 is 8.42 Å². The Labute approximate surface area is 128 Å². The molecule has 1 N–H and O–H groups in total. The zero-order chi connectivity index (χ0) is 15.5. The number of piperazine rings is 1. The second-order valence-corrected chi connectivity index (χ2v) is 7.55. The molecule has 0 aromatic heterocycles. The Balaban J connectivity index is 2.23. The van der Waals surface area contributed by atoms with Crippen molar-refractivity contribution in [1.29, 1.82) is 0 Å². The van der Waals surface area contributed by atoms with E-state index in [2.05, 4.69) is 10.2 Å². The minimum Gasteiger partial charge on any atom is -0.313 e. The molecule has 0 saturated carbocycles. The quantitative estimate of drug-likeness (QED) is 0.885. The van der Waals surface area contributed by atoms with Gasteiger partial charge in [0, 0.05) is 32.2 Å². The minimum atomic E-state index is -3.40. The summed E-state index contributed by atoms with van der Waals surface area (Å²) in [5.41, 5.74) is 1.000. The van der Waals surface area contributed by atoms with E-state index in [0.29, 0.717) is 18.0 Å². The van der Waals surface area contributed by atoms with Crippen LogP contribution in [0.2, 0.25) is 0 Å². The summed E-state index contributed by atoms with van der Waals surface area (Å²) in [6.07, 6.45) is 0. The summed E-state index contributed by atoms with van der Waals surface area (Å²) in [6.45, 7) is 7.67. The summed E-state index contributed by atoms with van der Waals surface area (Å²) in [5.74, 6) is 0. The van der Waals surface area contributed by atoms with E-state index < -0.39 is 10.0 Å². The van der Waals surface area contributed by atoms with Crippen LogP contribution in [-0.4, -0.2) is 56.9 Å². The molecule has 0 spiro atoms. The van der Waals surface area contributed by atoms with Gasteiger partial charge in [0.15, 0.2) is 0 Å². The number of benzene rings is 1. The highest BCUT2D eigenvalue weighted by molar-refractivity contribution is 7.89. The third kappa shape index (κ3) is 3.83. The molecule has 0 aliphatic carbocycles. The van der Waals surface area contributed by atoms with Gasteiger partial charge in [0.05, 0.1) is 4.90 Å². The van der Waals surface area contributed by atoms with Gasteiger partial charge in [-0.15, -0.1) is 0 Å². The lowest BCUT2D eigenvalue weighted by Crippen LogP contribution is -2.52. The van der Waals surface area contributed by atoms with Crippen LogP contribution in [0.15, 0.2) is 29.2 Å². The molecule has 21 heavy (non-hydrogen) atoms. The fourth-order valence-corrected chi connectivity index (χ4v) is 4.38. The third-order valence-electron chi connectivity index (χ3n) is 3.85. The number of sulfonamides is 1. The summed E-state index contributed by atoms with van der Waals surface area (Å²) in [6, 6.07) is 7.25. The Morgan fingerprint density at radius 3 is 2.76 bits per heavy atom. The van der Waals surface area contributed by atoms with Gasteiger partial charge in [0.25, 0.3) is 0 Å². The highest BCUT2D eigenvalue weighted by Gasteiger charge is 2.32. The molecule has 0 bridgehead atoms. The van der Waals surface area contributed by atoms with Gasteiger partial charge in [-0.1, -0.05) is 19.1 Å². The molecular formula is C15H25N3O2S. The molecule has 0 amide bonds. The smallest absolute Gasteiger partial charge is 0.243 e. The van der Waals surface area contributed by atoms with Crippen molar-refractivity contribution in [3.63, 3.8) is 0 Å². The number of likely N-dealkylation sites (N-methyl/N-ethyl adjacent to an activating group) is 1. The van der Waals surface area contributed by atoms with E-state index in [4.69, 9.17) is 0 Å². The van der Waals surface area contributed by atoms with Crippen LogP contribution in [0.4, 0.5) is 0 Å². The molecule has 5 nitrogen and oxygen atoms in total. The van der Waals surface area contributed by atoms with Crippen LogP contribution < -0.4 is 5.32 Å². The monoisotopic (exact) mass is 311 g/mol. The summed E-state index contributed by atoms with van der Waals surface area (Å²) in [4.78, 5) is 2.56. The van der Waals surface area contributed by atoms with E-state index in [1.807, 2.05) is 33.0 Å². The first kappa shape index (κ1) is 16.4. The highest BCUT2D eigenvalue weighted by atomic mass is 32.2. The summed E-state index contributed by atoms with van der Waals surface area (Å²) in [5, 5.41) is 3.22. The van der Waals surface area contributed by atoms with Crippen LogP contribution >= 0.6 is 0 Å². The first-order valence-electron chi connectivity index (χ1n) is 7.45. The van der Waals surface area contributed by atoms with Gasteiger partial charge in [0.2, 0.25) is 10.0 Å². The highest BCUT2D eigenvalue weighted by Crippen LogP contribution is 2.21. The average molecular weight is 311 g/mol. The van der Waals surface area contributed by atoms with Gasteiger partial charge in [-0.05, 0) is 38.2 Å². The summed E-state index contributed by atoms with van der Waals surface area (Å²) in [7, 11) is -1.38. The Bertz CT molecular complexity index is 574. The van der Waals surface area contributed by atoms with Gasteiger partial charge in [0.1, 0.15) is 0 Å². The topological polar surface area (TPSA) is 52.7 Å². The fourth-order valence-electron chi connectivity index (χ4n) is 2.70. The predicted octanol–water partition coefficient (Wildman–Crippen LogP) is 1.12. The largest absolute Gasteiger partial charge is 0.313 e. The fraction of sp³-hybridized carbons (Fsp3) is 0.600. The van der Waals surface area contributed by atoms with E-state index in [1.165, 1.54) is 0 Å². The van der Waals surface area contributed by atoms with Gasteiger partial charge in [-0.3, -0.25) is 0 Å². The number of rotatable bonds is 5. The summed E-state index contributed by atoms with van der Waals surface area (Å²) < 4.78 is 27.3. The molecule has 1 atom stereocenters. The maximum absolute atomic E-state index is 12.8. The first-order valence-corrected chi connectivity index (χ1v) is 8.89. The van der Waals surface area contributed by atoms with Crippen LogP contribution in [0.25, 0.3) is 0 Å². The average Bonchev–Trinajstić information content (AvgIpc) is 2.45. The molecule has 0 radical (unpaired) electrons. The molecule has 118 valence electrons. The normalized spacial score (nSPS) is 21.6. The molecule has 1 saturated heterocycles. The second-order valence-electron chi connectivity index (χ2n) is 5.65. The van der Waals surface area contributed by atoms with Crippen LogP contribution in [0.5, 0.6) is 0 Å². The van der Waals surface area contributed by atoms with Crippen molar-refractivity contribution >= 4 is 10.0 Å². The number of nitrogens with one attached hydrogen (secondary N) is 1. The van der Waals surface area contributed by atoms with E-state index in [1.54, 1.807) is 16.4 Å². The maximum Gasteiger partial charge on any atom is 0.243 e. The molecule has 1 aliphatic rings. The van der Waals surface area contributed by atoms with Crippen molar-refractivity contribution in [1.82, 2.24) is 14.5 Å². The number of nitrogens with zero attached hydrogens (tertiary/aromatic N) is 2. The standard InChI is InChI=1S/C15H25N3O2S/c1-4-16-11-14-6-5-7-15(10-14)21(19,20)18-9-8-17(3)12-13(18)2/h5-7,10,13,16H,4,8-9,11-12H2,1-3H3. The number of hydrogen-bond donors (Lipinski definition) is 1. The lowest BCUT2D eigenvalue weighted by atomic mass is 10.2. The van der Waals surface area contributed by atoms with Crippen molar-refractivity contribution in [2.24, 2.45) is 0 Å². The predicted molar refractivity (Wildman–Crippen MR) is 84.7 cm³/mol. The van der Waals surface area contributed by atoms with Crippen LogP contribution in [0.3, 0.4) is 0 Å². The zero-order valence-corrected chi connectivity index (χ0v) is 13.9. The molecule has 1 aromatic rings. The lowest BCUT2D eigenvalue weighted by Gasteiger charge is -2.37. The zero-order valence-electron chi connectivity index (χ0n) is 13.0. The van der Waals surface area contributed by atoms with Crippen molar-refractivity contribution in [3.8, 4) is 0 Å². The van der Waals surface area contributed by atoms with Crippen molar-refractivity contribution in [2.75, 3.05) is 33.2 Å². The molecule has 1 fully saturated rings. The van der Waals surface area contributed by atoms with Crippen molar-refractivity contribution in [3.05, 3.63) is 29.8 Å². The summed E-state index contributed by atoms with van der Waals surface area (Å²) >= 11 is 0. The van der Waals surface area contributed by atoms with Gasteiger partial charge in [-0.25, -0.2) is 8.42 Å². The minimum absolute atomic E-state index is 0.00572. The van der Waals surface area contributed by atoms with Gasteiger partial charge >= 0.3 is 0 Å². The van der Waals surface area contributed by atoms with Gasteiger partial charge in [-0.2, -0.15) is 4.31 Å². The Morgan fingerprint density at radius 1 is 1.33 bits per heavy atom. The maximum atomic E-state index is 12.8. The third-order valence-corrected chi connectivity index (χ3v) is 5.86. The Kier molecular flexibility index (Phi) is 5.37. The van der Waals surface area contributed by atoms with Crippen LogP contribution in [0, 0.1) is 0 Å². The lowest BCUT2D eigenvalue weighted by molar-refractivity contribution is 0.170. The van der Waals surface area contributed by atoms with E-state index >= 15 is 0 Å². The molecule has 6 heteroatoms. The van der Waals surface area contributed by atoms with Crippen molar-refractivity contribution in [2.45, 2.75) is 31.3 Å². The van der Waals surface area contributed by atoms with E-state index in [0.717, 1.165) is 25.2 Å². The molecule has 2 rings (SSSR count). The molecule has 1 heterocycles. The SMILES string of the molecule is CCNCc1cccc(S(=O)(=O)N2CCN(C)CC2C)c1. The molecular weight excluding hydrogens is 286 g/mol. The first-order chi connectivity index (χ1) is 9.95. The number of hydrogen-bond acceptors (Lipinski definition) is 4. The molecule has 1 aliphatic heterocycles. The Hall–Kier alpha value is -0.950. The van der Waals surface area contributed by atoms with Crippen LogP contribution in [0.1, 0.15) is 19.4 Å². The van der Waals surface area contributed by atoms with E-state index in [9.17, 15) is 8.42 Å². The molecule has 1 aromatic carbocycles. The van der Waals surface area contributed by atoms with E-state index in [-0.39, 0.29) is 6.04 Å². The second kappa shape index (κ2) is 6.87.